The molecule has 0 bridgehead atoms. The quantitative estimate of drug-likeness (QED) is 0.470. The fraction of sp³-hybridized carbons (Fsp3) is 0.364. The number of hydrogen-bond donors (Lipinski definition) is 1. The monoisotopic (exact) mass is 489 g/mol. The van der Waals surface area contributed by atoms with E-state index in [1.807, 2.05) is 36.9 Å². The van der Waals surface area contributed by atoms with Gasteiger partial charge in [-0.05, 0) is 31.5 Å². The first-order valence-corrected chi connectivity index (χ1v) is 11.6. The zero-order valence-electron chi connectivity index (χ0n) is 18.5. The predicted molar refractivity (Wildman–Crippen MR) is 123 cm³/mol. The van der Waals surface area contributed by atoms with Crippen LogP contribution < -0.4 is 4.90 Å². The van der Waals surface area contributed by atoms with Crippen LogP contribution in [0.2, 0.25) is 0 Å². The van der Waals surface area contributed by atoms with Crippen molar-refractivity contribution >= 4 is 33.3 Å². The second-order valence-electron chi connectivity index (χ2n) is 8.37. The maximum absolute atomic E-state index is 13.6. The van der Waals surface area contributed by atoms with E-state index in [2.05, 4.69) is 20.1 Å². The average molecular weight is 490 g/mol. The SMILES string of the molecule is Cc1cnn(CC(=O)N2CCN(c3sc(C(F)(F)F)nc3-c3nc4ccccc4[nH]3)CC2C)c1. The molecule has 12 heteroatoms. The molecule has 4 aromatic rings. The maximum atomic E-state index is 13.6. The minimum atomic E-state index is -4.56. The number of nitrogens with one attached hydrogen (secondary N) is 1. The minimum Gasteiger partial charge on any atom is -0.358 e. The molecule has 4 heterocycles. The van der Waals surface area contributed by atoms with Crippen molar-refractivity contribution in [2.75, 3.05) is 24.5 Å². The van der Waals surface area contributed by atoms with Crippen molar-refractivity contribution in [2.45, 2.75) is 32.6 Å². The number of carbonyl (C=O) groups excluding carboxylic acids is 1. The molecule has 1 unspecified atom stereocenters. The largest absolute Gasteiger partial charge is 0.443 e. The number of thiazole rings is 1. The Balaban J connectivity index is 1.41. The molecule has 0 spiro atoms. The summed E-state index contributed by atoms with van der Waals surface area (Å²) in [7, 11) is 0. The van der Waals surface area contributed by atoms with Gasteiger partial charge in [0.15, 0.2) is 5.82 Å². The lowest BCUT2D eigenvalue weighted by Gasteiger charge is -2.40. The normalized spacial score (nSPS) is 17.0. The summed E-state index contributed by atoms with van der Waals surface area (Å²) in [6.45, 7) is 5.09. The Morgan fingerprint density at radius 2 is 2.03 bits per heavy atom. The van der Waals surface area contributed by atoms with Crippen LogP contribution in [0, 0.1) is 6.92 Å². The maximum Gasteiger partial charge on any atom is 0.443 e. The average Bonchev–Trinajstić information content (AvgIpc) is 3.50. The standard InChI is InChI=1S/C22H22F3N7OS/c1-13-9-26-31(10-13)12-17(33)32-8-7-30(11-14(32)2)20-18(29-21(34-20)22(23,24)25)19-27-15-5-3-4-6-16(15)28-19/h3-6,9-10,14H,7-8,11-12H2,1-2H3,(H,27,28). The van der Waals surface area contributed by atoms with Crippen molar-refractivity contribution in [3.05, 3.63) is 47.2 Å². The van der Waals surface area contributed by atoms with Gasteiger partial charge in [0.25, 0.3) is 0 Å². The number of para-hydroxylation sites is 2. The molecular formula is C22H22F3N7OS. The lowest BCUT2D eigenvalue weighted by molar-refractivity contribution is -0.137. The molecule has 178 valence electrons. The van der Waals surface area contributed by atoms with Crippen molar-refractivity contribution in [3.63, 3.8) is 0 Å². The number of anilines is 1. The van der Waals surface area contributed by atoms with E-state index in [0.29, 0.717) is 47.3 Å². The third-order valence-electron chi connectivity index (χ3n) is 5.76. The van der Waals surface area contributed by atoms with Gasteiger partial charge in [-0.25, -0.2) is 9.97 Å². The number of imidazole rings is 1. The Hall–Kier alpha value is -3.41. The van der Waals surface area contributed by atoms with Crippen LogP contribution in [0.1, 0.15) is 17.5 Å². The van der Waals surface area contributed by atoms with Crippen LogP contribution in [-0.4, -0.2) is 61.2 Å². The highest BCUT2D eigenvalue weighted by Gasteiger charge is 2.39. The second kappa shape index (κ2) is 8.42. The number of aromatic nitrogens is 5. The Kier molecular flexibility index (Phi) is 5.54. The second-order valence-corrected chi connectivity index (χ2v) is 9.35. The topological polar surface area (TPSA) is 82.9 Å². The van der Waals surface area contributed by atoms with Crippen LogP contribution in [-0.2, 0) is 17.5 Å². The molecular weight excluding hydrogens is 467 g/mol. The molecule has 1 aromatic carbocycles. The van der Waals surface area contributed by atoms with E-state index in [0.717, 1.165) is 11.1 Å². The van der Waals surface area contributed by atoms with Crippen molar-refractivity contribution < 1.29 is 18.0 Å². The first-order valence-electron chi connectivity index (χ1n) is 10.8. The van der Waals surface area contributed by atoms with E-state index in [9.17, 15) is 18.0 Å². The first kappa shape index (κ1) is 22.4. The summed E-state index contributed by atoms with van der Waals surface area (Å²) in [6.07, 6.45) is -1.07. The van der Waals surface area contributed by atoms with Crippen LogP contribution in [0.3, 0.4) is 0 Å². The highest BCUT2D eigenvalue weighted by atomic mass is 32.1. The van der Waals surface area contributed by atoms with Gasteiger partial charge in [-0.15, -0.1) is 0 Å². The zero-order chi connectivity index (χ0) is 24.0. The number of nitrogens with zero attached hydrogens (tertiary/aromatic N) is 6. The van der Waals surface area contributed by atoms with Crippen LogP contribution in [0.5, 0.6) is 0 Å². The number of alkyl halides is 3. The van der Waals surface area contributed by atoms with E-state index in [4.69, 9.17) is 0 Å². The molecule has 1 amide bonds. The molecule has 0 saturated carbocycles. The molecule has 1 atom stereocenters. The van der Waals surface area contributed by atoms with E-state index in [-0.39, 0.29) is 24.2 Å². The van der Waals surface area contributed by atoms with Crippen molar-refractivity contribution in [2.24, 2.45) is 0 Å². The van der Waals surface area contributed by atoms with Gasteiger partial charge in [-0.1, -0.05) is 23.5 Å². The highest BCUT2D eigenvalue weighted by Crippen LogP contribution is 2.42. The van der Waals surface area contributed by atoms with E-state index >= 15 is 0 Å². The fourth-order valence-electron chi connectivity index (χ4n) is 4.16. The number of aryl methyl sites for hydroxylation is 1. The van der Waals surface area contributed by atoms with Crippen molar-refractivity contribution in [1.29, 1.82) is 0 Å². The smallest absolute Gasteiger partial charge is 0.358 e. The third-order valence-corrected chi connectivity index (χ3v) is 6.92. The highest BCUT2D eigenvalue weighted by molar-refractivity contribution is 7.16. The summed E-state index contributed by atoms with van der Waals surface area (Å²) < 4.78 is 42.3. The number of hydrogen-bond acceptors (Lipinski definition) is 6. The number of fused-ring (bicyclic) bond motifs is 1. The molecule has 1 fully saturated rings. The first-order chi connectivity index (χ1) is 16.2. The Bertz CT molecular complexity index is 1310. The van der Waals surface area contributed by atoms with Gasteiger partial charge in [0.2, 0.25) is 10.9 Å². The number of amides is 1. The van der Waals surface area contributed by atoms with Gasteiger partial charge in [0.1, 0.15) is 17.2 Å². The van der Waals surface area contributed by atoms with Crippen LogP contribution in [0.15, 0.2) is 36.7 Å². The van der Waals surface area contributed by atoms with E-state index < -0.39 is 11.2 Å². The lowest BCUT2D eigenvalue weighted by atomic mass is 10.2. The summed E-state index contributed by atoms with van der Waals surface area (Å²) >= 11 is 0.607. The number of aromatic amines is 1. The molecule has 0 aliphatic carbocycles. The minimum absolute atomic E-state index is 0.0759. The van der Waals surface area contributed by atoms with Crippen LogP contribution in [0.25, 0.3) is 22.6 Å². The predicted octanol–water partition coefficient (Wildman–Crippen LogP) is 3.95. The molecule has 1 aliphatic heterocycles. The summed E-state index contributed by atoms with van der Waals surface area (Å²) in [4.78, 5) is 27.9. The van der Waals surface area contributed by atoms with Gasteiger partial charge in [0, 0.05) is 31.9 Å². The summed E-state index contributed by atoms with van der Waals surface area (Å²) in [5, 5.41) is 3.64. The van der Waals surface area contributed by atoms with Crippen molar-refractivity contribution in [1.82, 2.24) is 29.6 Å². The fourth-order valence-corrected chi connectivity index (χ4v) is 5.13. The third kappa shape index (κ3) is 4.25. The molecule has 1 aliphatic rings. The number of rotatable bonds is 4. The van der Waals surface area contributed by atoms with Gasteiger partial charge in [-0.2, -0.15) is 18.3 Å². The summed E-state index contributed by atoms with van der Waals surface area (Å²) in [5.74, 6) is 0.219. The Labute approximate surface area is 197 Å². The van der Waals surface area contributed by atoms with Crippen molar-refractivity contribution in [3.8, 4) is 11.5 Å². The van der Waals surface area contributed by atoms with Gasteiger partial charge in [0.05, 0.1) is 17.2 Å². The van der Waals surface area contributed by atoms with Gasteiger partial charge in [-0.3, -0.25) is 9.48 Å². The molecule has 1 saturated heterocycles. The Morgan fingerprint density at radius 1 is 1.24 bits per heavy atom. The molecule has 8 nitrogen and oxygen atoms in total. The lowest BCUT2D eigenvalue weighted by Crippen LogP contribution is -2.54. The summed E-state index contributed by atoms with van der Waals surface area (Å²) in [5.41, 5.74) is 2.52. The number of H-pyrrole nitrogens is 1. The molecule has 3 aromatic heterocycles. The molecule has 5 rings (SSSR count). The Morgan fingerprint density at radius 3 is 2.71 bits per heavy atom. The number of piperazine rings is 1. The van der Waals surface area contributed by atoms with Gasteiger partial charge >= 0.3 is 6.18 Å². The van der Waals surface area contributed by atoms with E-state index in [1.165, 1.54) is 0 Å². The zero-order valence-corrected chi connectivity index (χ0v) is 19.3. The van der Waals surface area contributed by atoms with Crippen LogP contribution in [0.4, 0.5) is 18.2 Å². The molecule has 0 radical (unpaired) electrons. The molecule has 34 heavy (non-hydrogen) atoms. The van der Waals surface area contributed by atoms with Gasteiger partial charge < -0.3 is 14.8 Å². The van der Waals surface area contributed by atoms with Crippen LogP contribution >= 0.6 is 11.3 Å². The number of carbonyl (C=O) groups is 1. The molecule has 1 N–H and O–H groups in total. The number of benzene rings is 1. The van der Waals surface area contributed by atoms with E-state index in [1.54, 1.807) is 28.0 Å². The number of halogens is 3. The summed E-state index contributed by atoms with van der Waals surface area (Å²) in [6, 6.07) is 7.06.